The Morgan fingerprint density at radius 1 is 1.04 bits per heavy atom. The van der Waals surface area contributed by atoms with Gasteiger partial charge in [-0.1, -0.05) is 42.2 Å². The summed E-state index contributed by atoms with van der Waals surface area (Å²) >= 11 is 1.63. The molecule has 3 aromatic heterocycles. The lowest BCUT2D eigenvalue weighted by molar-refractivity contribution is 0.0526. The molecular formula is C36H35N5O3S. The highest BCUT2D eigenvalue weighted by Crippen LogP contribution is 2.30. The van der Waals surface area contributed by atoms with Crippen LogP contribution in [0.15, 0.2) is 83.1 Å². The number of rotatable bonds is 7. The van der Waals surface area contributed by atoms with Crippen LogP contribution < -0.4 is 20.9 Å². The molecule has 2 saturated heterocycles. The number of piperidine rings is 1. The molecule has 0 aliphatic carbocycles. The average Bonchev–Trinajstić information content (AvgIpc) is 3.56. The molecule has 5 aromatic rings. The maximum atomic E-state index is 14.0. The van der Waals surface area contributed by atoms with Crippen LogP contribution in [-0.2, 0) is 11.3 Å². The Hall–Kier alpha value is -4.49. The summed E-state index contributed by atoms with van der Waals surface area (Å²) in [5.41, 5.74) is 3.84. The lowest BCUT2D eigenvalue weighted by Crippen LogP contribution is -2.34. The summed E-state index contributed by atoms with van der Waals surface area (Å²) in [7, 11) is 0. The minimum Gasteiger partial charge on any atom is -0.490 e. The van der Waals surface area contributed by atoms with Crippen molar-refractivity contribution in [2.45, 2.75) is 50.9 Å². The zero-order chi connectivity index (χ0) is 30.4. The van der Waals surface area contributed by atoms with Gasteiger partial charge in [-0.15, -0.1) is 11.3 Å². The molecule has 1 unspecified atom stereocenters. The van der Waals surface area contributed by atoms with E-state index in [4.69, 9.17) is 14.5 Å². The molecule has 0 radical (unpaired) electrons. The van der Waals surface area contributed by atoms with Crippen LogP contribution in [0.25, 0.3) is 22.2 Å². The van der Waals surface area contributed by atoms with Crippen LogP contribution >= 0.6 is 11.3 Å². The summed E-state index contributed by atoms with van der Waals surface area (Å²) in [6.07, 6.45) is 6.87. The van der Waals surface area contributed by atoms with Crippen LogP contribution in [0.2, 0.25) is 0 Å². The molecule has 7 rings (SSSR count). The summed E-state index contributed by atoms with van der Waals surface area (Å²) in [5, 5.41) is 9.49. The van der Waals surface area contributed by atoms with E-state index < -0.39 is 0 Å². The van der Waals surface area contributed by atoms with Crippen molar-refractivity contribution in [1.82, 2.24) is 19.9 Å². The fourth-order valence-electron chi connectivity index (χ4n) is 5.80. The van der Waals surface area contributed by atoms with Crippen LogP contribution in [0, 0.1) is 11.8 Å². The molecule has 45 heavy (non-hydrogen) atoms. The van der Waals surface area contributed by atoms with Crippen molar-refractivity contribution in [1.29, 1.82) is 0 Å². The lowest BCUT2D eigenvalue weighted by atomic mass is 10.1. The quantitative estimate of drug-likeness (QED) is 0.205. The number of hydrogen-bond acceptors (Lipinski definition) is 8. The van der Waals surface area contributed by atoms with Gasteiger partial charge in [-0.3, -0.25) is 9.36 Å². The highest BCUT2D eigenvalue weighted by atomic mass is 32.1. The van der Waals surface area contributed by atoms with Gasteiger partial charge >= 0.3 is 0 Å². The zero-order valence-electron chi connectivity index (χ0n) is 25.0. The van der Waals surface area contributed by atoms with Gasteiger partial charge in [-0.05, 0) is 98.1 Å². The molecule has 0 spiro atoms. The normalized spacial score (nSPS) is 17.0. The third kappa shape index (κ3) is 6.94. The Morgan fingerprint density at radius 2 is 1.89 bits per heavy atom. The SMILES string of the molecule is O=c1c(C#CC2CCCCO2)cc2cnc(Nc3ccc(OC4CCNCC4)cc3)nc2n1Cc1sccc1-c1ccccc1. The van der Waals surface area contributed by atoms with Gasteiger partial charge in [0.1, 0.15) is 23.6 Å². The Kier molecular flexibility index (Phi) is 8.87. The van der Waals surface area contributed by atoms with Gasteiger partial charge in [0.2, 0.25) is 5.95 Å². The predicted octanol–water partition coefficient (Wildman–Crippen LogP) is 6.36. The fourth-order valence-corrected chi connectivity index (χ4v) is 6.69. The van der Waals surface area contributed by atoms with Crippen molar-refractivity contribution in [2.75, 3.05) is 25.0 Å². The van der Waals surface area contributed by atoms with E-state index in [9.17, 15) is 4.79 Å². The number of benzene rings is 2. The number of hydrogen-bond donors (Lipinski definition) is 2. The highest BCUT2D eigenvalue weighted by molar-refractivity contribution is 7.10. The van der Waals surface area contributed by atoms with Gasteiger partial charge in [0.05, 0.1) is 12.1 Å². The van der Waals surface area contributed by atoms with Gasteiger partial charge in [-0.25, -0.2) is 4.98 Å². The fraction of sp³-hybridized carbons (Fsp3) is 0.306. The molecule has 0 bridgehead atoms. The Balaban J connectivity index is 1.21. The molecule has 0 amide bonds. The van der Waals surface area contributed by atoms with E-state index in [1.807, 2.05) is 42.5 Å². The number of thiophene rings is 1. The van der Waals surface area contributed by atoms with E-state index in [2.05, 4.69) is 51.0 Å². The number of pyridine rings is 1. The van der Waals surface area contributed by atoms with Gasteiger partial charge < -0.3 is 20.1 Å². The van der Waals surface area contributed by atoms with Crippen LogP contribution in [0.4, 0.5) is 11.6 Å². The smallest absolute Gasteiger partial charge is 0.268 e. The van der Waals surface area contributed by atoms with E-state index in [1.165, 1.54) is 0 Å². The molecule has 2 aliphatic heterocycles. The molecule has 8 nitrogen and oxygen atoms in total. The number of aromatic nitrogens is 3. The standard InChI is InChI=1S/C36H35N5O3S/c42-35-26(9-12-29-8-4-5-20-43-29)22-27-23-38-36(39-28-10-13-30(14-11-28)44-31-15-18-37-19-16-31)40-34(27)41(35)24-33-32(17-21-45-33)25-6-2-1-3-7-25/h1-3,6-7,10-11,13-14,17,21-23,29,31,37H,4-5,8,15-16,18-20,24H2,(H,38,39,40). The molecule has 9 heteroatoms. The van der Waals surface area contributed by atoms with Crippen molar-refractivity contribution in [3.8, 4) is 28.7 Å². The van der Waals surface area contributed by atoms with Crippen molar-refractivity contribution >= 4 is 34.0 Å². The highest BCUT2D eigenvalue weighted by Gasteiger charge is 2.17. The monoisotopic (exact) mass is 617 g/mol. The van der Waals surface area contributed by atoms with Crippen LogP contribution in [0.3, 0.4) is 0 Å². The van der Waals surface area contributed by atoms with E-state index >= 15 is 0 Å². The topological polar surface area (TPSA) is 90.3 Å². The Labute approximate surface area is 266 Å². The second-order valence-electron chi connectivity index (χ2n) is 11.4. The second-order valence-corrected chi connectivity index (χ2v) is 12.4. The molecule has 2 fully saturated rings. The average molecular weight is 618 g/mol. The van der Waals surface area contributed by atoms with Crippen molar-refractivity contribution < 1.29 is 9.47 Å². The first-order chi connectivity index (χ1) is 22.2. The van der Waals surface area contributed by atoms with E-state index in [-0.39, 0.29) is 17.8 Å². The Bertz CT molecular complexity index is 1880. The van der Waals surface area contributed by atoms with Crippen LogP contribution in [0.1, 0.15) is 42.5 Å². The minimum atomic E-state index is -0.178. The van der Waals surface area contributed by atoms with Crippen molar-refractivity contribution in [2.24, 2.45) is 0 Å². The molecule has 5 heterocycles. The molecule has 2 aliphatic rings. The third-order valence-electron chi connectivity index (χ3n) is 8.21. The lowest BCUT2D eigenvalue weighted by Gasteiger charge is -2.23. The summed E-state index contributed by atoms with van der Waals surface area (Å²) in [5.74, 6) is 7.58. The number of nitrogens with one attached hydrogen (secondary N) is 2. The summed E-state index contributed by atoms with van der Waals surface area (Å²) in [4.78, 5) is 24.5. The largest absolute Gasteiger partial charge is 0.490 e. The molecule has 1 atom stereocenters. The number of fused-ring (bicyclic) bond motifs is 1. The first-order valence-corrected chi connectivity index (χ1v) is 16.5. The van der Waals surface area contributed by atoms with Gasteiger partial charge in [0.15, 0.2) is 0 Å². The molecule has 2 N–H and O–H groups in total. The number of anilines is 2. The van der Waals surface area contributed by atoms with Gasteiger partial charge in [0, 0.05) is 28.8 Å². The third-order valence-corrected chi connectivity index (χ3v) is 9.11. The summed E-state index contributed by atoms with van der Waals surface area (Å²) in [6, 6.07) is 22.0. The first kappa shape index (κ1) is 29.2. The van der Waals surface area contributed by atoms with E-state index in [0.29, 0.717) is 30.3 Å². The van der Waals surface area contributed by atoms with Gasteiger partial charge in [-0.2, -0.15) is 4.98 Å². The number of nitrogens with zero attached hydrogens (tertiary/aromatic N) is 3. The number of ether oxygens (including phenoxy) is 2. The Morgan fingerprint density at radius 3 is 2.69 bits per heavy atom. The van der Waals surface area contributed by atoms with E-state index in [0.717, 1.165) is 78.0 Å². The van der Waals surface area contributed by atoms with E-state index in [1.54, 1.807) is 28.2 Å². The molecule has 2 aromatic carbocycles. The van der Waals surface area contributed by atoms with Gasteiger partial charge in [0.25, 0.3) is 5.56 Å². The molecule has 228 valence electrons. The zero-order valence-corrected chi connectivity index (χ0v) is 25.8. The molecule has 0 saturated carbocycles. The predicted molar refractivity (Wildman–Crippen MR) is 179 cm³/mol. The summed E-state index contributed by atoms with van der Waals surface area (Å²) in [6.45, 7) is 3.04. The minimum absolute atomic E-state index is 0.149. The second kappa shape index (κ2) is 13.7. The maximum Gasteiger partial charge on any atom is 0.268 e. The van der Waals surface area contributed by atoms with Crippen LogP contribution in [0.5, 0.6) is 5.75 Å². The summed E-state index contributed by atoms with van der Waals surface area (Å²) < 4.78 is 13.7. The van der Waals surface area contributed by atoms with Crippen molar-refractivity contribution in [3.05, 3.63) is 99.1 Å². The maximum absolute atomic E-state index is 14.0. The van der Waals surface area contributed by atoms with Crippen molar-refractivity contribution in [3.63, 3.8) is 0 Å². The van der Waals surface area contributed by atoms with Crippen LogP contribution in [-0.4, -0.2) is 46.4 Å². The first-order valence-electron chi connectivity index (χ1n) is 15.6. The molecular weight excluding hydrogens is 582 g/mol.